The Kier molecular flexibility index (Phi) is 4.66. The predicted molar refractivity (Wildman–Crippen MR) is 69.6 cm³/mol. The molecule has 2 rings (SSSR count). The summed E-state index contributed by atoms with van der Waals surface area (Å²) in [6.07, 6.45) is 5.48. The van der Waals surface area contributed by atoms with Gasteiger partial charge in [0.15, 0.2) is 0 Å². The molecule has 7 heteroatoms. The van der Waals surface area contributed by atoms with Crippen molar-refractivity contribution in [2.75, 3.05) is 20.3 Å². The second-order valence-corrected chi connectivity index (χ2v) is 7.33. The molecular weight excluding hydrogens is 269 g/mol. The average molecular weight is 291 g/mol. The van der Waals surface area contributed by atoms with Gasteiger partial charge < -0.3 is 4.74 Å². The first-order valence-corrected chi connectivity index (χ1v) is 8.27. The predicted octanol–water partition coefficient (Wildman–Crippen LogP) is 2.24. The van der Waals surface area contributed by atoms with E-state index < -0.39 is 19.1 Å². The maximum atomic E-state index is 12.4. The van der Waals surface area contributed by atoms with Gasteiger partial charge in [0.05, 0.1) is 20.3 Å². The van der Waals surface area contributed by atoms with Crippen LogP contribution in [0.3, 0.4) is 0 Å². The van der Waals surface area contributed by atoms with E-state index in [0.717, 1.165) is 25.7 Å². The molecule has 1 saturated heterocycles. The number of methoxy groups -OCH3 is 1. The summed E-state index contributed by atoms with van der Waals surface area (Å²) in [7, 11) is -1.95. The summed E-state index contributed by atoms with van der Waals surface area (Å²) in [6.45, 7) is 1.79. The van der Waals surface area contributed by atoms with Crippen LogP contribution in [0.2, 0.25) is 0 Å². The van der Waals surface area contributed by atoms with Crippen molar-refractivity contribution in [2.45, 2.75) is 45.1 Å². The van der Waals surface area contributed by atoms with Gasteiger partial charge in [0.25, 0.3) is 0 Å². The molecule has 1 aliphatic heterocycles. The minimum Gasteiger partial charge on any atom is -0.468 e. The monoisotopic (exact) mass is 291 g/mol. The molecule has 110 valence electrons. The van der Waals surface area contributed by atoms with Crippen molar-refractivity contribution in [2.24, 2.45) is 5.41 Å². The summed E-state index contributed by atoms with van der Waals surface area (Å²) >= 11 is 0. The first-order valence-electron chi connectivity index (χ1n) is 6.73. The van der Waals surface area contributed by atoms with Crippen molar-refractivity contribution < 1.29 is 23.1 Å². The zero-order chi connectivity index (χ0) is 13.9. The van der Waals surface area contributed by atoms with Crippen LogP contribution in [0.5, 0.6) is 0 Å². The number of esters is 1. The SMILES string of the molecule is COC(=O)C1(C)COP(=O)(NC2CCCCC2)OC1. The first kappa shape index (κ1) is 15.0. The molecule has 0 atom stereocenters. The van der Waals surface area contributed by atoms with E-state index in [1.54, 1.807) is 6.92 Å². The molecule has 0 aromatic heterocycles. The van der Waals surface area contributed by atoms with Gasteiger partial charge >= 0.3 is 13.7 Å². The Morgan fingerprint density at radius 1 is 1.26 bits per heavy atom. The summed E-state index contributed by atoms with van der Waals surface area (Å²) in [5.41, 5.74) is -0.878. The summed E-state index contributed by atoms with van der Waals surface area (Å²) in [5.74, 6) is -0.406. The lowest BCUT2D eigenvalue weighted by molar-refractivity contribution is -0.158. The van der Waals surface area contributed by atoms with Gasteiger partial charge in [-0.25, -0.2) is 9.65 Å². The van der Waals surface area contributed by atoms with Crippen LogP contribution < -0.4 is 5.09 Å². The molecule has 1 N–H and O–H groups in total. The molecule has 0 radical (unpaired) electrons. The van der Waals surface area contributed by atoms with E-state index in [1.807, 2.05) is 0 Å². The van der Waals surface area contributed by atoms with Crippen LogP contribution in [0, 0.1) is 5.41 Å². The summed E-state index contributed by atoms with van der Waals surface area (Å²) in [6, 6.07) is 0.182. The van der Waals surface area contributed by atoms with Crippen LogP contribution in [0.15, 0.2) is 0 Å². The highest BCUT2D eigenvalue weighted by Gasteiger charge is 2.45. The van der Waals surface area contributed by atoms with Crippen molar-refractivity contribution in [3.05, 3.63) is 0 Å². The standard InChI is InChI=1S/C12H22NO5P/c1-12(11(14)16-2)8-17-19(15,18-9-12)13-10-6-4-3-5-7-10/h10H,3-9H2,1-2H3,(H,13,15). The number of ether oxygens (including phenoxy) is 1. The minimum absolute atomic E-state index is 0.0523. The Hall–Kier alpha value is -0.420. The molecular formula is C12H22NO5P. The second-order valence-electron chi connectivity index (χ2n) is 5.56. The molecule has 0 amide bonds. The third-order valence-electron chi connectivity index (χ3n) is 3.73. The molecule has 0 aromatic carbocycles. The highest BCUT2D eigenvalue weighted by atomic mass is 31.2. The fourth-order valence-electron chi connectivity index (χ4n) is 2.43. The highest BCUT2D eigenvalue weighted by molar-refractivity contribution is 7.51. The van der Waals surface area contributed by atoms with Crippen molar-refractivity contribution in [3.8, 4) is 0 Å². The Balaban J connectivity index is 1.90. The maximum absolute atomic E-state index is 12.4. The molecule has 1 heterocycles. The molecule has 2 fully saturated rings. The van der Waals surface area contributed by atoms with Gasteiger partial charge in [0, 0.05) is 6.04 Å². The van der Waals surface area contributed by atoms with E-state index in [1.165, 1.54) is 13.5 Å². The smallest absolute Gasteiger partial charge is 0.405 e. The van der Waals surface area contributed by atoms with Gasteiger partial charge in [-0.2, -0.15) is 0 Å². The fraction of sp³-hybridized carbons (Fsp3) is 0.917. The molecule has 2 aliphatic rings. The first-order chi connectivity index (χ1) is 8.97. The van der Waals surface area contributed by atoms with Crippen molar-refractivity contribution in [3.63, 3.8) is 0 Å². The minimum atomic E-state index is -3.27. The zero-order valence-corrected chi connectivity index (χ0v) is 12.4. The van der Waals surface area contributed by atoms with Crippen LogP contribution in [0.1, 0.15) is 39.0 Å². The lowest BCUT2D eigenvalue weighted by atomic mass is 9.93. The van der Waals surface area contributed by atoms with Gasteiger partial charge in [0.2, 0.25) is 0 Å². The Bertz CT molecular complexity index is 368. The molecule has 1 saturated carbocycles. The maximum Gasteiger partial charge on any atom is 0.405 e. The van der Waals surface area contributed by atoms with Crippen LogP contribution in [0.25, 0.3) is 0 Å². The second kappa shape index (κ2) is 5.92. The van der Waals surface area contributed by atoms with Crippen molar-refractivity contribution in [1.29, 1.82) is 0 Å². The molecule has 19 heavy (non-hydrogen) atoms. The molecule has 6 nitrogen and oxygen atoms in total. The Morgan fingerprint density at radius 3 is 2.37 bits per heavy atom. The van der Waals surface area contributed by atoms with Gasteiger partial charge in [-0.3, -0.25) is 13.8 Å². The van der Waals surface area contributed by atoms with Crippen molar-refractivity contribution >= 4 is 13.7 Å². The van der Waals surface area contributed by atoms with E-state index in [4.69, 9.17) is 13.8 Å². The largest absolute Gasteiger partial charge is 0.468 e. The van der Waals surface area contributed by atoms with Crippen LogP contribution >= 0.6 is 7.75 Å². The Labute approximate surface area is 113 Å². The number of nitrogens with one attached hydrogen (secondary N) is 1. The van der Waals surface area contributed by atoms with Crippen LogP contribution in [-0.4, -0.2) is 32.3 Å². The third-order valence-corrected chi connectivity index (χ3v) is 5.35. The zero-order valence-electron chi connectivity index (χ0n) is 11.5. The number of hydrogen-bond donors (Lipinski definition) is 1. The molecule has 0 unspecified atom stereocenters. The quantitative estimate of drug-likeness (QED) is 0.635. The normalized spacial score (nSPS) is 36.9. The van der Waals surface area contributed by atoms with Gasteiger partial charge in [-0.1, -0.05) is 19.3 Å². The number of rotatable bonds is 3. The van der Waals surface area contributed by atoms with Gasteiger partial charge in [-0.15, -0.1) is 0 Å². The molecule has 0 spiro atoms. The third kappa shape index (κ3) is 3.57. The van der Waals surface area contributed by atoms with Crippen LogP contribution in [-0.2, 0) is 23.1 Å². The molecule has 1 aliphatic carbocycles. The van der Waals surface area contributed by atoms with Gasteiger partial charge in [0.1, 0.15) is 5.41 Å². The van der Waals surface area contributed by atoms with E-state index in [2.05, 4.69) is 5.09 Å². The Morgan fingerprint density at radius 2 is 1.84 bits per heavy atom. The van der Waals surface area contributed by atoms with E-state index in [0.29, 0.717) is 0 Å². The highest BCUT2D eigenvalue weighted by Crippen LogP contribution is 2.51. The molecule has 0 aromatic rings. The fourth-order valence-corrected chi connectivity index (χ4v) is 4.27. The van der Waals surface area contributed by atoms with E-state index in [9.17, 15) is 9.36 Å². The van der Waals surface area contributed by atoms with E-state index >= 15 is 0 Å². The number of carbonyl (C=O) groups excluding carboxylic acids is 1. The molecule has 0 bridgehead atoms. The number of hydrogen-bond acceptors (Lipinski definition) is 5. The van der Waals surface area contributed by atoms with Gasteiger partial charge in [-0.05, 0) is 19.8 Å². The number of carbonyl (C=O) groups is 1. The lowest BCUT2D eigenvalue weighted by Crippen LogP contribution is -2.43. The summed E-state index contributed by atoms with van der Waals surface area (Å²) in [4.78, 5) is 11.6. The summed E-state index contributed by atoms with van der Waals surface area (Å²) in [5, 5.41) is 2.99. The topological polar surface area (TPSA) is 73.9 Å². The summed E-state index contributed by atoms with van der Waals surface area (Å²) < 4.78 is 27.8. The average Bonchev–Trinajstić information content (AvgIpc) is 2.43. The van der Waals surface area contributed by atoms with E-state index in [-0.39, 0.29) is 19.3 Å². The lowest BCUT2D eigenvalue weighted by Gasteiger charge is -2.36. The van der Waals surface area contributed by atoms with Crippen LogP contribution in [0.4, 0.5) is 0 Å². The van der Waals surface area contributed by atoms with Crippen molar-refractivity contribution in [1.82, 2.24) is 5.09 Å².